The largest absolute Gasteiger partial charge is 0.359 e. The molecular weight excluding hydrogens is 235 g/mol. The van der Waals surface area contributed by atoms with Gasteiger partial charge in [0, 0.05) is 19.2 Å². The minimum Gasteiger partial charge on any atom is -0.359 e. The fourth-order valence-electron chi connectivity index (χ4n) is 1.74. The number of amides is 1. The van der Waals surface area contributed by atoms with Crippen molar-refractivity contribution in [3.8, 4) is 0 Å². The Morgan fingerprint density at radius 3 is 2.78 bits per heavy atom. The van der Waals surface area contributed by atoms with E-state index in [-0.39, 0.29) is 24.4 Å². The topological polar surface area (TPSA) is 59.1 Å². The Balaban J connectivity index is 3.15. The van der Waals surface area contributed by atoms with Crippen molar-refractivity contribution in [2.75, 3.05) is 7.05 Å². The predicted molar refractivity (Wildman–Crippen MR) is 65.8 cm³/mol. The van der Waals surface area contributed by atoms with Crippen molar-refractivity contribution in [2.24, 2.45) is 0 Å². The summed E-state index contributed by atoms with van der Waals surface area (Å²) in [4.78, 5) is 26.3. The maximum atomic E-state index is 13.9. The Kier molecular flexibility index (Phi) is 4.95. The van der Waals surface area contributed by atoms with Gasteiger partial charge in [-0.25, -0.2) is 4.39 Å². The second kappa shape index (κ2) is 6.23. The lowest BCUT2D eigenvalue weighted by molar-refractivity contribution is -0.122. The van der Waals surface area contributed by atoms with Crippen molar-refractivity contribution in [3.05, 3.63) is 28.8 Å². The van der Waals surface area contributed by atoms with Crippen molar-refractivity contribution in [3.63, 3.8) is 0 Å². The fourth-order valence-corrected chi connectivity index (χ4v) is 1.74. The van der Waals surface area contributed by atoms with Crippen LogP contribution >= 0.6 is 0 Å². The molecule has 1 N–H and O–H groups in total. The maximum absolute atomic E-state index is 13.9. The van der Waals surface area contributed by atoms with E-state index in [9.17, 15) is 14.0 Å². The van der Waals surface area contributed by atoms with Crippen LogP contribution < -0.4 is 5.32 Å². The first kappa shape index (κ1) is 14.3. The van der Waals surface area contributed by atoms with Crippen LogP contribution in [-0.2, 0) is 9.59 Å². The van der Waals surface area contributed by atoms with Gasteiger partial charge in [-0.3, -0.25) is 9.78 Å². The highest BCUT2D eigenvalue weighted by Crippen LogP contribution is 2.23. The molecule has 1 unspecified atom stereocenters. The number of aromatic nitrogens is 1. The summed E-state index contributed by atoms with van der Waals surface area (Å²) in [6.45, 7) is 3.52. The maximum Gasteiger partial charge on any atom is 0.229 e. The number of pyridine rings is 1. The van der Waals surface area contributed by atoms with Gasteiger partial charge >= 0.3 is 0 Å². The van der Waals surface area contributed by atoms with Crippen molar-refractivity contribution in [2.45, 2.75) is 32.6 Å². The lowest BCUT2D eigenvalue weighted by Crippen LogP contribution is -2.27. The van der Waals surface area contributed by atoms with Crippen LogP contribution in [0.25, 0.3) is 0 Å². The SMILES string of the molecule is CNC(=O)C(CCC=O)c1nc(C)c(C)cc1F. The van der Waals surface area contributed by atoms with Crippen molar-refractivity contribution in [1.82, 2.24) is 10.3 Å². The van der Waals surface area contributed by atoms with Crippen LogP contribution in [0.4, 0.5) is 4.39 Å². The van der Waals surface area contributed by atoms with Crippen LogP contribution in [0.1, 0.15) is 35.7 Å². The summed E-state index contributed by atoms with van der Waals surface area (Å²) in [5, 5.41) is 2.47. The molecule has 1 heterocycles. The van der Waals surface area contributed by atoms with Gasteiger partial charge in [0.25, 0.3) is 0 Å². The third-order valence-electron chi connectivity index (χ3n) is 2.91. The zero-order chi connectivity index (χ0) is 13.7. The lowest BCUT2D eigenvalue weighted by atomic mass is 9.96. The molecule has 0 radical (unpaired) electrons. The number of carbonyl (C=O) groups excluding carboxylic acids is 2. The number of rotatable bonds is 5. The summed E-state index contributed by atoms with van der Waals surface area (Å²) < 4.78 is 13.9. The zero-order valence-corrected chi connectivity index (χ0v) is 10.8. The molecule has 1 atom stereocenters. The monoisotopic (exact) mass is 252 g/mol. The number of hydrogen-bond acceptors (Lipinski definition) is 3. The number of hydrogen-bond donors (Lipinski definition) is 1. The van der Waals surface area contributed by atoms with Crippen LogP contribution in [0.2, 0.25) is 0 Å². The fraction of sp³-hybridized carbons (Fsp3) is 0.462. The summed E-state index contributed by atoms with van der Waals surface area (Å²) in [5.74, 6) is -1.55. The molecule has 1 amide bonds. The highest BCUT2D eigenvalue weighted by molar-refractivity contribution is 5.83. The average Bonchev–Trinajstić information content (AvgIpc) is 2.35. The molecular formula is C13H17FN2O2. The smallest absolute Gasteiger partial charge is 0.229 e. The van der Waals surface area contributed by atoms with Gasteiger partial charge in [-0.1, -0.05) is 0 Å². The van der Waals surface area contributed by atoms with E-state index < -0.39 is 11.7 Å². The molecule has 0 aliphatic rings. The standard InChI is InChI=1S/C13H17FN2O2/c1-8-7-11(14)12(16-9(8)2)10(5-4-6-17)13(18)15-3/h6-7,10H,4-5H2,1-3H3,(H,15,18). The second-order valence-electron chi connectivity index (χ2n) is 4.17. The van der Waals surface area contributed by atoms with Gasteiger partial charge in [-0.05, 0) is 31.9 Å². The Bertz CT molecular complexity index is 461. The number of aldehydes is 1. The van der Waals surface area contributed by atoms with Gasteiger partial charge in [-0.2, -0.15) is 0 Å². The Morgan fingerprint density at radius 2 is 2.22 bits per heavy atom. The van der Waals surface area contributed by atoms with E-state index in [0.29, 0.717) is 5.69 Å². The Labute approximate surface area is 106 Å². The van der Waals surface area contributed by atoms with E-state index in [1.165, 1.54) is 13.1 Å². The molecule has 1 aromatic rings. The molecule has 98 valence electrons. The van der Waals surface area contributed by atoms with E-state index in [4.69, 9.17) is 0 Å². The minimum absolute atomic E-state index is 0.110. The summed E-state index contributed by atoms with van der Waals surface area (Å²) in [6, 6.07) is 1.37. The molecule has 5 heteroatoms. The van der Waals surface area contributed by atoms with E-state index in [2.05, 4.69) is 10.3 Å². The molecule has 0 aromatic carbocycles. The summed E-state index contributed by atoms with van der Waals surface area (Å²) in [6.07, 6.45) is 1.18. The molecule has 1 rings (SSSR count). The molecule has 0 aliphatic carbocycles. The number of nitrogens with one attached hydrogen (secondary N) is 1. The summed E-state index contributed by atoms with van der Waals surface area (Å²) >= 11 is 0. The van der Waals surface area contributed by atoms with Gasteiger partial charge in [-0.15, -0.1) is 0 Å². The average molecular weight is 252 g/mol. The van der Waals surface area contributed by atoms with E-state index in [1.54, 1.807) is 13.8 Å². The molecule has 1 aromatic heterocycles. The predicted octanol–water partition coefficient (Wildman–Crippen LogP) is 1.65. The molecule has 0 bridgehead atoms. The van der Waals surface area contributed by atoms with E-state index in [0.717, 1.165) is 11.8 Å². The third-order valence-corrected chi connectivity index (χ3v) is 2.91. The minimum atomic E-state index is -0.723. The van der Waals surface area contributed by atoms with Gasteiger partial charge in [0.05, 0.1) is 11.6 Å². The van der Waals surface area contributed by atoms with Crippen molar-refractivity contribution >= 4 is 12.2 Å². The molecule has 4 nitrogen and oxygen atoms in total. The van der Waals surface area contributed by atoms with Crippen LogP contribution in [0.5, 0.6) is 0 Å². The van der Waals surface area contributed by atoms with Crippen LogP contribution in [0, 0.1) is 19.7 Å². The molecule has 18 heavy (non-hydrogen) atoms. The van der Waals surface area contributed by atoms with Gasteiger partial charge in [0.1, 0.15) is 12.1 Å². The first-order valence-corrected chi connectivity index (χ1v) is 5.80. The van der Waals surface area contributed by atoms with E-state index in [1.807, 2.05) is 0 Å². The first-order chi connectivity index (χ1) is 8.51. The molecule has 0 fully saturated rings. The molecule has 0 aliphatic heterocycles. The number of aryl methyl sites for hydroxylation is 2. The number of halogens is 1. The van der Waals surface area contributed by atoms with Gasteiger partial charge in [0.15, 0.2) is 0 Å². The quantitative estimate of drug-likeness (QED) is 0.810. The van der Waals surface area contributed by atoms with Gasteiger partial charge < -0.3 is 10.1 Å². The van der Waals surface area contributed by atoms with Crippen molar-refractivity contribution < 1.29 is 14.0 Å². The zero-order valence-electron chi connectivity index (χ0n) is 10.8. The van der Waals surface area contributed by atoms with Gasteiger partial charge in [0.2, 0.25) is 5.91 Å². The first-order valence-electron chi connectivity index (χ1n) is 5.80. The highest BCUT2D eigenvalue weighted by atomic mass is 19.1. The summed E-state index contributed by atoms with van der Waals surface area (Å²) in [7, 11) is 1.48. The highest BCUT2D eigenvalue weighted by Gasteiger charge is 2.24. The Hall–Kier alpha value is -1.78. The normalized spacial score (nSPS) is 12.0. The van der Waals surface area contributed by atoms with E-state index >= 15 is 0 Å². The van der Waals surface area contributed by atoms with Crippen LogP contribution in [0.3, 0.4) is 0 Å². The third kappa shape index (κ3) is 3.12. The van der Waals surface area contributed by atoms with Crippen molar-refractivity contribution in [1.29, 1.82) is 0 Å². The molecule has 0 saturated heterocycles. The van der Waals surface area contributed by atoms with Crippen LogP contribution in [-0.4, -0.2) is 24.2 Å². The molecule has 0 saturated carbocycles. The number of likely N-dealkylation sites (N-methyl/N-ethyl adjacent to an activating group) is 1. The Morgan fingerprint density at radius 1 is 1.56 bits per heavy atom. The number of nitrogens with zero attached hydrogens (tertiary/aromatic N) is 1. The molecule has 0 spiro atoms. The lowest BCUT2D eigenvalue weighted by Gasteiger charge is -2.15. The summed E-state index contributed by atoms with van der Waals surface area (Å²) in [5.41, 5.74) is 1.54. The van der Waals surface area contributed by atoms with Crippen LogP contribution in [0.15, 0.2) is 6.07 Å². The number of carbonyl (C=O) groups is 2. The second-order valence-corrected chi connectivity index (χ2v) is 4.17.